The van der Waals surface area contributed by atoms with Gasteiger partial charge in [-0.15, -0.1) is 0 Å². The first-order valence-corrected chi connectivity index (χ1v) is 3.52. The molecule has 1 nitrogen and oxygen atoms in total. The van der Waals surface area contributed by atoms with Crippen LogP contribution in [-0.4, -0.2) is 0 Å². The first-order chi connectivity index (χ1) is 4.61. The summed E-state index contributed by atoms with van der Waals surface area (Å²) < 4.78 is 0. The molecule has 0 aliphatic rings. The van der Waals surface area contributed by atoms with Crippen molar-refractivity contribution >= 4 is 18.3 Å². The Labute approximate surface area is 96.5 Å². The van der Waals surface area contributed by atoms with Gasteiger partial charge in [0, 0.05) is 0 Å². The SMILES string of the molecule is Cc1cc(C)c([NH-])c([S-])c1.[U+3]. The Morgan fingerprint density at radius 2 is 1.82 bits per heavy atom. The van der Waals surface area contributed by atoms with E-state index in [4.69, 9.17) is 18.4 Å². The summed E-state index contributed by atoms with van der Waals surface area (Å²) in [6, 6.07) is 3.82. The van der Waals surface area contributed by atoms with Gasteiger partial charge in [0.15, 0.2) is 0 Å². The fourth-order valence-corrected chi connectivity index (χ4v) is 1.28. The normalized spacial score (nSPS) is 8.91. The predicted octanol–water partition coefficient (Wildman–Crippen LogP) is 2.89. The van der Waals surface area contributed by atoms with Crippen LogP contribution in [0.4, 0.5) is 5.69 Å². The molecule has 0 fully saturated rings. The number of nitrogens with one attached hydrogen (secondary N) is 1. The van der Waals surface area contributed by atoms with Gasteiger partial charge in [-0.2, -0.15) is 10.6 Å². The minimum Gasteiger partial charge on any atom is -0.781 e. The Kier molecular flexibility index (Phi) is 4.47. The van der Waals surface area contributed by atoms with Crippen molar-refractivity contribution < 1.29 is 31.1 Å². The summed E-state index contributed by atoms with van der Waals surface area (Å²) >= 11 is 4.94. The average molecular weight is 389 g/mol. The molecule has 0 atom stereocenters. The van der Waals surface area contributed by atoms with Crippen LogP contribution in [0.1, 0.15) is 11.1 Å². The van der Waals surface area contributed by atoms with Crippen LogP contribution in [0.25, 0.3) is 5.73 Å². The van der Waals surface area contributed by atoms with E-state index in [1.165, 1.54) is 0 Å². The van der Waals surface area contributed by atoms with Crippen LogP contribution in [0.2, 0.25) is 0 Å². The molecule has 0 bridgehead atoms. The van der Waals surface area contributed by atoms with Crippen LogP contribution in [0.15, 0.2) is 17.0 Å². The van der Waals surface area contributed by atoms with Gasteiger partial charge in [-0.3, -0.25) is 0 Å². The molecule has 11 heavy (non-hydrogen) atoms. The Morgan fingerprint density at radius 3 is 2.27 bits per heavy atom. The molecule has 0 aliphatic carbocycles. The van der Waals surface area contributed by atoms with Gasteiger partial charge in [0.1, 0.15) is 0 Å². The number of aryl methyl sites for hydroxylation is 2. The molecule has 0 unspecified atom stereocenters. The zero-order chi connectivity index (χ0) is 7.72. The second-order valence-electron chi connectivity index (χ2n) is 2.45. The van der Waals surface area contributed by atoms with Gasteiger partial charge in [-0.25, -0.2) is 0 Å². The van der Waals surface area contributed by atoms with Crippen LogP contribution in [-0.2, 0) is 12.6 Å². The largest absolute Gasteiger partial charge is 3.00 e. The van der Waals surface area contributed by atoms with E-state index in [0.717, 1.165) is 11.1 Å². The van der Waals surface area contributed by atoms with Crippen molar-refractivity contribution in [1.82, 2.24) is 0 Å². The van der Waals surface area contributed by atoms with E-state index in [0.29, 0.717) is 10.6 Å². The fraction of sp³-hybridized carbons (Fsp3) is 0.250. The molecular weight excluding hydrogens is 380 g/mol. The summed E-state index contributed by atoms with van der Waals surface area (Å²) in [5.74, 6) is 0. The van der Waals surface area contributed by atoms with Gasteiger partial charge in [0.25, 0.3) is 0 Å². The average Bonchev–Trinajstić information content (AvgIpc) is 1.82. The monoisotopic (exact) mass is 389 g/mol. The topological polar surface area (TPSA) is 23.8 Å². The molecule has 0 aliphatic heterocycles. The zero-order valence-corrected chi connectivity index (χ0v) is 11.5. The molecule has 55 valence electrons. The van der Waals surface area contributed by atoms with Gasteiger partial charge in [-0.05, 0) is 13.8 Å². The molecule has 0 saturated heterocycles. The Balaban J connectivity index is 0.000001000. The summed E-state index contributed by atoms with van der Waals surface area (Å²) in [7, 11) is 0. The van der Waals surface area contributed by atoms with Crippen molar-refractivity contribution in [2.75, 3.05) is 0 Å². The Morgan fingerprint density at radius 1 is 1.27 bits per heavy atom. The van der Waals surface area contributed by atoms with Crippen molar-refractivity contribution in [2.45, 2.75) is 18.7 Å². The first kappa shape index (κ1) is 11.3. The molecule has 1 radical (unpaired) electrons. The number of hydrogen-bond donors (Lipinski definition) is 0. The fourth-order valence-electron chi connectivity index (χ4n) is 0.929. The quantitative estimate of drug-likeness (QED) is 0.626. The maximum atomic E-state index is 7.44. The third-order valence-electron chi connectivity index (χ3n) is 1.44. The second kappa shape index (κ2) is 4.35. The number of rotatable bonds is 0. The minimum atomic E-state index is 0. The Hall–Kier alpha value is 0.292. The molecule has 0 aromatic heterocycles. The maximum Gasteiger partial charge on any atom is 3.00 e. The molecule has 3 heteroatoms. The van der Waals surface area contributed by atoms with Crippen molar-refractivity contribution in [2.24, 2.45) is 0 Å². The molecule has 0 saturated carbocycles. The molecule has 1 N–H and O–H groups in total. The van der Waals surface area contributed by atoms with Crippen molar-refractivity contribution in [3.63, 3.8) is 0 Å². The van der Waals surface area contributed by atoms with Crippen LogP contribution in [0, 0.1) is 45.0 Å². The summed E-state index contributed by atoms with van der Waals surface area (Å²) in [4.78, 5) is 0.650. The van der Waals surface area contributed by atoms with Crippen LogP contribution < -0.4 is 0 Å². The molecular formula is C8H9NSU+. The molecule has 0 amide bonds. The van der Waals surface area contributed by atoms with Gasteiger partial charge in [0.2, 0.25) is 0 Å². The number of benzene rings is 1. The van der Waals surface area contributed by atoms with E-state index in [2.05, 4.69) is 0 Å². The van der Waals surface area contributed by atoms with E-state index < -0.39 is 0 Å². The van der Waals surface area contributed by atoms with Gasteiger partial charge < -0.3 is 18.4 Å². The summed E-state index contributed by atoms with van der Waals surface area (Å²) in [5.41, 5.74) is 10.0. The van der Waals surface area contributed by atoms with Crippen molar-refractivity contribution in [1.29, 1.82) is 0 Å². The van der Waals surface area contributed by atoms with Crippen LogP contribution in [0.5, 0.6) is 0 Å². The molecule has 0 spiro atoms. The van der Waals surface area contributed by atoms with Crippen LogP contribution >= 0.6 is 0 Å². The van der Waals surface area contributed by atoms with Crippen molar-refractivity contribution in [3.05, 3.63) is 29.0 Å². The predicted molar refractivity (Wildman–Crippen MR) is 45.5 cm³/mol. The van der Waals surface area contributed by atoms with E-state index in [-0.39, 0.29) is 31.1 Å². The molecule has 1 rings (SSSR count). The van der Waals surface area contributed by atoms with Gasteiger partial charge in [0.05, 0.1) is 0 Å². The van der Waals surface area contributed by atoms with Crippen molar-refractivity contribution in [3.8, 4) is 0 Å². The molecule has 1 aromatic carbocycles. The summed E-state index contributed by atoms with van der Waals surface area (Å²) in [6.45, 7) is 3.90. The second-order valence-corrected chi connectivity index (χ2v) is 2.89. The Bertz CT molecular complexity index is 237. The molecule has 1 aromatic rings. The van der Waals surface area contributed by atoms with Gasteiger partial charge in [-0.1, -0.05) is 23.3 Å². The minimum absolute atomic E-state index is 0. The van der Waals surface area contributed by atoms with Gasteiger partial charge >= 0.3 is 31.1 Å². The first-order valence-electron chi connectivity index (χ1n) is 3.11. The smallest absolute Gasteiger partial charge is 0.781 e. The third kappa shape index (κ3) is 2.67. The molecule has 0 heterocycles. The number of hydrogen-bond acceptors (Lipinski definition) is 1. The van der Waals surface area contributed by atoms with E-state index in [1.54, 1.807) is 0 Å². The van der Waals surface area contributed by atoms with Crippen LogP contribution in [0.3, 0.4) is 0 Å². The third-order valence-corrected chi connectivity index (χ3v) is 1.77. The summed E-state index contributed by atoms with van der Waals surface area (Å²) in [5, 5.41) is 0. The maximum absolute atomic E-state index is 7.44. The van der Waals surface area contributed by atoms with E-state index in [9.17, 15) is 0 Å². The van der Waals surface area contributed by atoms with E-state index in [1.807, 2.05) is 26.0 Å². The summed E-state index contributed by atoms with van der Waals surface area (Å²) in [6.07, 6.45) is 0. The standard InChI is InChI=1S/C8H10NS.U/c1-5-3-6(2)8(9)7(10)4-5;/h3-4,9-10H,1-2H3;/q-1;+3/p-1. The van der Waals surface area contributed by atoms with E-state index >= 15 is 0 Å². The zero-order valence-electron chi connectivity index (χ0n) is 6.56.